The van der Waals surface area contributed by atoms with Crippen molar-refractivity contribution in [2.75, 3.05) is 12.3 Å². The summed E-state index contributed by atoms with van der Waals surface area (Å²) < 4.78 is 15.1. The zero-order chi connectivity index (χ0) is 28.6. The molecule has 0 aliphatic carbocycles. The van der Waals surface area contributed by atoms with Crippen molar-refractivity contribution in [3.8, 4) is 11.1 Å². The molecule has 1 aliphatic heterocycles. The number of imidazole rings is 1. The van der Waals surface area contributed by atoms with E-state index in [1.165, 1.54) is 0 Å². The van der Waals surface area contributed by atoms with Crippen LogP contribution in [0, 0.1) is 0 Å². The first-order valence-electron chi connectivity index (χ1n) is 13.8. The average molecular weight is 573 g/mol. The number of aromatic nitrogens is 2. The van der Waals surface area contributed by atoms with Gasteiger partial charge in [-0.15, -0.1) is 0 Å². The van der Waals surface area contributed by atoms with Gasteiger partial charge in [0.2, 0.25) is 0 Å². The third kappa shape index (κ3) is 7.56. The highest BCUT2D eigenvalue weighted by Crippen LogP contribution is 2.40. The SMILES string of the molecule is CCNC(=O)NCc1cccc(-c2cccc([C@H]3O[C@@H](CSc4nccn4C)C[C@@H](c4ccc(CO)cc4)O3)c2)c1. The standard InChI is InChI=1S/C32H36N4O4S/c1-3-33-31(38)35-19-23-6-4-7-25(16-23)26-8-5-9-27(17-26)30-39-28(21-41-32-34-14-15-36(32)2)18-29(40-30)24-12-10-22(20-37)11-13-24/h4-17,28-30,37H,3,18-21H2,1-2H3,(H2,33,35,38)/t28-,29+,30+/m1/s1. The highest BCUT2D eigenvalue weighted by atomic mass is 32.2. The van der Waals surface area contributed by atoms with Gasteiger partial charge in [-0.05, 0) is 46.9 Å². The van der Waals surface area contributed by atoms with E-state index >= 15 is 0 Å². The monoisotopic (exact) mass is 572 g/mol. The van der Waals surface area contributed by atoms with Crippen LogP contribution < -0.4 is 10.6 Å². The summed E-state index contributed by atoms with van der Waals surface area (Å²) in [5.41, 5.74) is 5.99. The van der Waals surface area contributed by atoms with Gasteiger partial charge in [-0.1, -0.05) is 72.4 Å². The quantitative estimate of drug-likeness (QED) is 0.210. The molecule has 5 rings (SSSR count). The van der Waals surface area contributed by atoms with E-state index in [0.717, 1.165) is 44.3 Å². The number of hydrogen-bond acceptors (Lipinski definition) is 6. The third-order valence-electron chi connectivity index (χ3n) is 7.00. The summed E-state index contributed by atoms with van der Waals surface area (Å²) in [6, 6.07) is 24.2. The fourth-order valence-corrected chi connectivity index (χ4v) is 5.76. The minimum absolute atomic E-state index is 0.0104. The molecule has 214 valence electrons. The van der Waals surface area contributed by atoms with Crippen LogP contribution in [0.3, 0.4) is 0 Å². The average Bonchev–Trinajstić information content (AvgIpc) is 3.43. The molecule has 0 saturated carbocycles. The maximum atomic E-state index is 11.8. The first-order valence-corrected chi connectivity index (χ1v) is 14.8. The molecule has 41 heavy (non-hydrogen) atoms. The van der Waals surface area contributed by atoms with Crippen LogP contribution in [-0.4, -0.2) is 39.1 Å². The molecule has 8 nitrogen and oxygen atoms in total. The van der Waals surface area contributed by atoms with E-state index in [1.54, 1.807) is 18.0 Å². The Morgan fingerprint density at radius 1 is 1.00 bits per heavy atom. The number of hydrogen-bond donors (Lipinski definition) is 3. The van der Waals surface area contributed by atoms with Crippen molar-refractivity contribution in [3.63, 3.8) is 0 Å². The second kappa shape index (κ2) is 13.8. The number of aliphatic hydroxyl groups is 1. The predicted molar refractivity (Wildman–Crippen MR) is 160 cm³/mol. The lowest BCUT2D eigenvalue weighted by molar-refractivity contribution is -0.245. The number of ether oxygens (including phenoxy) is 2. The lowest BCUT2D eigenvalue weighted by Gasteiger charge is -2.36. The fraction of sp³-hybridized carbons (Fsp3) is 0.312. The molecule has 0 radical (unpaired) electrons. The first kappa shape index (κ1) is 28.9. The Morgan fingerprint density at radius 3 is 2.51 bits per heavy atom. The molecule has 3 atom stereocenters. The van der Waals surface area contributed by atoms with E-state index in [-0.39, 0.29) is 24.8 Å². The summed E-state index contributed by atoms with van der Waals surface area (Å²) in [6.45, 7) is 2.93. The predicted octanol–water partition coefficient (Wildman–Crippen LogP) is 5.74. The van der Waals surface area contributed by atoms with Gasteiger partial charge in [0.25, 0.3) is 0 Å². The largest absolute Gasteiger partial charge is 0.392 e. The number of carbonyl (C=O) groups excluding carboxylic acids is 1. The second-order valence-electron chi connectivity index (χ2n) is 10.0. The summed E-state index contributed by atoms with van der Waals surface area (Å²) >= 11 is 1.68. The Kier molecular flexibility index (Phi) is 9.74. The number of urea groups is 1. The second-order valence-corrected chi connectivity index (χ2v) is 11.0. The lowest BCUT2D eigenvalue weighted by Crippen LogP contribution is -2.34. The van der Waals surface area contributed by atoms with Gasteiger partial charge in [-0.2, -0.15) is 0 Å². The zero-order valence-corrected chi connectivity index (χ0v) is 24.1. The van der Waals surface area contributed by atoms with Gasteiger partial charge in [-0.3, -0.25) is 0 Å². The van der Waals surface area contributed by atoms with Crippen LogP contribution in [0.4, 0.5) is 4.79 Å². The van der Waals surface area contributed by atoms with Crippen LogP contribution in [0.5, 0.6) is 0 Å². The van der Waals surface area contributed by atoms with Crippen molar-refractivity contribution in [2.45, 2.75) is 50.2 Å². The Labute approximate surface area is 245 Å². The smallest absolute Gasteiger partial charge is 0.315 e. The Hall–Kier alpha value is -3.63. The molecule has 9 heteroatoms. The van der Waals surface area contributed by atoms with Gasteiger partial charge in [0.1, 0.15) is 0 Å². The normalized spacial score (nSPS) is 18.7. The number of aryl methyl sites for hydroxylation is 1. The first-order chi connectivity index (χ1) is 20.0. The highest BCUT2D eigenvalue weighted by molar-refractivity contribution is 7.99. The van der Waals surface area contributed by atoms with Gasteiger partial charge in [0.05, 0.1) is 18.8 Å². The van der Waals surface area contributed by atoms with Gasteiger partial charge in [0.15, 0.2) is 11.4 Å². The third-order valence-corrected chi connectivity index (χ3v) is 8.19. The maximum Gasteiger partial charge on any atom is 0.315 e. The van der Waals surface area contributed by atoms with Crippen LogP contribution >= 0.6 is 11.8 Å². The van der Waals surface area contributed by atoms with Gasteiger partial charge >= 0.3 is 6.03 Å². The van der Waals surface area contributed by atoms with Crippen LogP contribution in [0.15, 0.2) is 90.3 Å². The van der Waals surface area contributed by atoms with E-state index < -0.39 is 6.29 Å². The van der Waals surface area contributed by atoms with Crippen LogP contribution in [0.1, 0.15) is 48.0 Å². The van der Waals surface area contributed by atoms with E-state index in [2.05, 4.69) is 39.9 Å². The number of rotatable bonds is 10. The number of benzene rings is 3. The van der Waals surface area contributed by atoms with Crippen molar-refractivity contribution in [1.82, 2.24) is 20.2 Å². The molecule has 4 aromatic rings. The molecule has 1 fully saturated rings. The highest BCUT2D eigenvalue weighted by Gasteiger charge is 2.32. The van der Waals surface area contributed by atoms with E-state index in [4.69, 9.17) is 9.47 Å². The molecule has 0 unspecified atom stereocenters. The molecule has 1 aliphatic rings. The fourth-order valence-electron chi connectivity index (χ4n) is 4.81. The van der Waals surface area contributed by atoms with Crippen molar-refractivity contribution in [3.05, 3.63) is 107 Å². The molecule has 2 amide bonds. The molecule has 1 saturated heterocycles. The van der Waals surface area contributed by atoms with E-state index in [1.807, 2.05) is 73.3 Å². The number of thioether (sulfide) groups is 1. The number of nitrogens with one attached hydrogen (secondary N) is 2. The molecular weight excluding hydrogens is 536 g/mol. The maximum absolute atomic E-state index is 11.8. The van der Waals surface area contributed by atoms with Crippen molar-refractivity contribution < 1.29 is 19.4 Å². The molecule has 0 spiro atoms. The molecule has 1 aromatic heterocycles. The van der Waals surface area contributed by atoms with Gasteiger partial charge in [0, 0.05) is 50.3 Å². The van der Waals surface area contributed by atoms with Crippen LogP contribution in [-0.2, 0) is 29.7 Å². The van der Waals surface area contributed by atoms with E-state index in [0.29, 0.717) is 19.5 Å². The van der Waals surface area contributed by atoms with Crippen molar-refractivity contribution in [2.24, 2.45) is 7.05 Å². The zero-order valence-electron chi connectivity index (χ0n) is 23.3. The Morgan fingerprint density at radius 2 is 1.78 bits per heavy atom. The topological polar surface area (TPSA) is 97.6 Å². The van der Waals surface area contributed by atoms with Crippen molar-refractivity contribution >= 4 is 17.8 Å². The number of carbonyl (C=O) groups is 1. The number of nitrogens with zero attached hydrogens (tertiary/aromatic N) is 2. The minimum atomic E-state index is -0.541. The molecular formula is C32H36N4O4S. The van der Waals surface area contributed by atoms with Crippen LogP contribution in [0.2, 0.25) is 0 Å². The minimum Gasteiger partial charge on any atom is -0.392 e. The Balaban J connectivity index is 1.36. The molecule has 2 heterocycles. The summed E-state index contributed by atoms with van der Waals surface area (Å²) in [5.74, 6) is 0.746. The number of aliphatic hydroxyl groups excluding tert-OH is 1. The molecule has 3 N–H and O–H groups in total. The summed E-state index contributed by atoms with van der Waals surface area (Å²) in [4.78, 5) is 16.3. The summed E-state index contributed by atoms with van der Waals surface area (Å²) in [5, 5.41) is 16.1. The lowest BCUT2D eigenvalue weighted by atomic mass is 9.99. The Bertz CT molecular complexity index is 1440. The van der Waals surface area contributed by atoms with Crippen molar-refractivity contribution in [1.29, 1.82) is 0 Å². The number of amides is 2. The molecule has 0 bridgehead atoms. The van der Waals surface area contributed by atoms with Gasteiger partial charge < -0.3 is 29.8 Å². The van der Waals surface area contributed by atoms with E-state index in [9.17, 15) is 9.90 Å². The molecule has 3 aromatic carbocycles. The van der Waals surface area contributed by atoms with Crippen LogP contribution in [0.25, 0.3) is 11.1 Å². The summed E-state index contributed by atoms with van der Waals surface area (Å²) in [7, 11) is 1.99. The van der Waals surface area contributed by atoms with Gasteiger partial charge in [-0.25, -0.2) is 9.78 Å². The summed E-state index contributed by atoms with van der Waals surface area (Å²) in [6.07, 6.45) is 3.72.